The Labute approximate surface area is 161 Å². The minimum absolute atomic E-state index is 0.00493. The quantitative estimate of drug-likeness (QED) is 0.751. The Hall–Kier alpha value is -1.84. The van der Waals surface area contributed by atoms with Crippen LogP contribution in [0, 0.1) is 6.92 Å². The molecule has 0 aliphatic carbocycles. The van der Waals surface area contributed by atoms with Crippen LogP contribution in [0.1, 0.15) is 43.6 Å². The summed E-state index contributed by atoms with van der Waals surface area (Å²) in [4.78, 5) is 9.43. The van der Waals surface area contributed by atoms with Gasteiger partial charge in [0.05, 0.1) is 11.4 Å². The second kappa shape index (κ2) is 8.04. The zero-order chi connectivity index (χ0) is 19.6. The molecule has 0 N–H and O–H groups in total. The van der Waals surface area contributed by atoms with Crippen LogP contribution in [0.3, 0.4) is 0 Å². The van der Waals surface area contributed by atoms with Crippen LogP contribution in [0.5, 0.6) is 0 Å². The topological polar surface area (TPSA) is 84.2 Å². The van der Waals surface area contributed by atoms with Crippen molar-refractivity contribution in [2.45, 2.75) is 45.6 Å². The molecule has 148 valence electrons. The van der Waals surface area contributed by atoms with Crippen molar-refractivity contribution in [2.75, 3.05) is 27.2 Å². The van der Waals surface area contributed by atoms with Crippen LogP contribution >= 0.6 is 0 Å². The number of aryl methyl sites for hydroxylation is 2. The summed E-state index contributed by atoms with van der Waals surface area (Å²) < 4.78 is 29.8. The third-order valence-electron chi connectivity index (χ3n) is 4.82. The molecule has 2 aromatic heterocycles. The maximum absolute atomic E-state index is 12.5. The van der Waals surface area contributed by atoms with Crippen LogP contribution in [0.2, 0.25) is 0 Å². The minimum atomic E-state index is -3.42. The van der Waals surface area contributed by atoms with E-state index in [1.54, 1.807) is 20.3 Å². The summed E-state index contributed by atoms with van der Waals surface area (Å²) >= 11 is 0. The molecule has 0 radical (unpaired) electrons. The Bertz CT molecular complexity index is 893. The largest absolute Gasteiger partial charge is 0.281 e. The van der Waals surface area contributed by atoms with E-state index in [2.05, 4.69) is 17.0 Å². The molecule has 3 rings (SSSR count). The van der Waals surface area contributed by atoms with Gasteiger partial charge in [-0.2, -0.15) is 22.1 Å². The van der Waals surface area contributed by atoms with Crippen molar-refractivity contribution < 1.29 is 8.42 Å². The molecule has 1 aliphatic heterocycles. The first-order valence-electron chi connectivity index (χ1n) is 9.38. The highest BCUT2D eigenvalue weighted by Crippen LogP contribution is 2.28. The zero-order valence-electron chi connectivity index (χ0n) is 16.5. The van der Waals surface area contributed by atoms with Gasteiger partial charge in [-0.1, -0.05) is 6.92 Å². The lowest BCUT2D eigenvalue weighted by Gasteiger charge is -2.32. The summed E-state index contributed by atoms with van der Waals surface area (Å²) in [5.74, 6) is 0.711. The van der Waals surface area contributed by atoms with Gasteiger partial charge in [0.1, 0.15) is 5.82 Å². The Morgan fingerprint density at radius 1 is 1.30 bits per heavy atom. The normalized spacial score (nSPS) is 18.9. The molecular formula is C18H28N6O2S. The van der Waals surface area contributed by atoms with E-state index < -0.39 is 10.2 Å². The predicted molar refractivity (Wildman–Crippen MR) is 104 cm³/mol. The number of piperidine rings is 1. The van der Waals surface area contributed by atoms with E-state index in [1.165, 1.54) is 8.61 Å². The first kappa shape index (κ1) is 19.9. The number of hydrogen-bond acceptors (Lipinski definition) is 5. The molecule has 27 heavy (non-hydrogen) atoms. The number of aromatic nitrogens is 4. The molecule has 1 unspecified atom stereocenters. The van der Waals surface area contributed by atoms with Gasteiger partial charge < -0.3 is 0 Å². The zero-order valence-corrected chi connectivity index (χ0v) is 17.3. The molecule has 1 fully saturated rings. The van der Waals surface area contributed by atoms with Crippen molar-refractivity contribution in [3.63, 3.8) is 0 Å². The molecule has 0 saturated carbocycles. The van der Waals surface area contributed by atoms with Gasteiger partial charge in [-0.05, 0) is 38.3 Å². The Balaban J connectivity index is 1.91. The third-order valence-corrected chi connectivity index (χ3v) is 6.73. The number of hydrogen-bond donors (Lipinski definition) is 0. The van der Waals surface area contributed by atoms with Crippen molar-refractivity contribution in [3.05, 3.63) is 29.8 Å². The van der Waals surface area contributed by atoms with Crippen molar-refractivity contribution in [3.8, 4) is 11.4 Å². The van der Waals surface area contributed by atoms with E-state index in [-0.39, 0.29) is 5.92 Å². The van der Waals surface area contributed by atoms with E-state index in [4.69, 9.17) is 4.98 Å². The summed E-state index contributed by atoms with van der Waals surface area (Å²) in [7, 11) is -0.292. The molecule has 3 heterocycles. The lowest BCUT2D eigenvalue weighted by Crippen LogP contribution is -2.45. The lowest BCUT2D eigenvalue weighted by atomic mass is 9.98. The standard InChI is InChI=1S/C18H28N6O2S/c1-5-10-24-17(8-9-19-24)16-12-14(2)20-18(21-16)15-7-6-11-23(13-15)27(25,26)22(3)4/h8-9,12,15H,5-7,10-11,13H2,1-4H3. The maximum atomic E-state index is 12.5. The van der Waals surface area contributed by atoms with Gasteiger partial charge in [0, 0.05) is 51.5 Å². The van der Waals surface area contributed by atoms with Crippen LogP contribution in [0.25, 0.3) is 11.4 Å². The molecule has 1 saturated heterocycles. The highest BCUT2D eigenvalue weighted by molar-refractivity contribution is 7.86. The molecule has 0 aromatic carbocycles. The molecule has 2 aromatic rings. The monoisotopic (exact) mass is 392 g/mol. The van der Waals surface area contributed by atoms with Gasteiger partial charge in [-0.25, -0.2) is 9.97 Å². The van der Waals surface area contributed by atoms with Gasteiger partial charge in [0.15, 0.2) is 0 Å². The van der Waals surface area contributed by atoms with E-state index >= 15 is 0 Å². The number of nitrogens with zero attached hydrogens (tertiary/aromatic N) is 6. The first-order valence-corrected chi connectivity index (χ1v) is 10.8. The van der Waals surface area contributed by atoms with Crippen molar-refractivity contribution in [2.24, 2.45) is 0 Å². The summed E-state index contributed by atoms with van der Waals surface area (Å²) in [5, 5.41) is 4.38. The smallest absolute Gasteiger partial charge is 0.263 e. The van der Waals surface area contributed by atoms with Gasteiger partial charge in [-0.15, -0.1) is 0 Å². The second-order valence-electron chi connectivity index (χ2n) is 7.18. The highest BCUT2D eigenvalue weighted by atomic mass is 32.2. The molecule has 1 atom stereocenters. The molecule has 1 aliphatic rings. The highest BCUT2D eigenvalue weighted by Gasteiger charge is 2.32. The number of rotatable bonds is 6. The summed E-state index contributed by atoms with van der Waals surface area (Å²) in [6.45, 7) is 5.85. The fourth-order valence-corrected chi connectivity index (χ4v) is 4.63. The fraction of sp³-hybridized carbons (Fsp3) is 0.611. The van der Waals surface area contributed by atoms with Crippen molar-refractivity contribution >= 4 is 10.2 Å². The van der Waals surface area contributed by atoms with Crippen molar-refractivity contribution in [1.82, 2.24) is 28.4 Å². The summed E-state index contributed by atoms with van der Waals surface area (Å²) in [6, 6.07) is 3.93. The maximum Gasteiger partial charge on any atom is 0.281 e. The van der Waals surface area contributed by atoms with E-state index in [1.807, 2.05) is 23.7 Å². The molecule has 8 nitrogen and oxygen atoms in total. The molecule has 0 bridgehead atoms. The SMILES string of the molecule is CCCn1nccc1-c1cc(C)nc(C2CCCN(S(=O)(=O)N(C)C)C2)n1. The average Bonchev–Trinajstić information content (AvgIpc) is 3.10. The third kappa shape index (κ3) is 4.20. The van der Waals surface area contributed by atoms with Crippen LogP contribution in [-0.4, -0.2) is 64.0 Å². The van der Waals surface area contributed by atoms with Gasteiger partial charge >= 0.3 is 0 Å². The fourth-order valence-electron chi connectivity index (χ4n) is 3.44. The Morgan fingerprint density at radius 3 is 2.78 bits per heavy atom. The first-order chi connectivity index (χ1) is 12.8. The average molecular weight is 393 g/mol. The Kier molecular flexibility index (Phi) is 5.92. The van der Waals surface area contributed by atoms with Crippen LogP contribution in [-0.2, 0) is 16.8 Å². The van der Waals surface area contributed by atoms with Crippen molar-refractivity contribution in [1.29, 1.82) is 0 Å². The molecule has 9 heteroatoms. The van der Waals surface area contributed by atoms with Crippen LogP contribution < -0.4 is 0 Å². The Morgan fingerprint density at radius 2 is 2.07 bits per heavy atom. The van der Waals surface area contributed by atoms with Gasteiger partial charge in [-0.3, -0.25) is 4.68 Å². The molecule has 0 spiro atoms. The lowest BCUT2D eigenvalue weighted by molar-refractivity contribution is 0.293. The van der Waals surface area contributed by atoms with Gasteiger partial charge in [0.2, 0.25) is 0 Å². The summed E-state index contributed by atoms with van der Waals surface area (Å²) in [6.07, 6.45) is 4.47. The molecular weight excluding hydrogens is 364 g/mol. The molecule has 0 amide bonds. The summed E-state index contributed by atoms with van der Waals surface area (Å²) in [5.41, 5.74) is 2.69. The second-order valence-corrected chi connectivity index (χ2v) is 9.32. The van der Waals surface area contributed by atoms with Gasteiger partial charge in [0.25, 0.3) is 10.2 Å². The van der Waals surface area contributed by atoms with Crippen LogP contribution in [0.15, 0.2) is 18.3 Å². The minimum Gasteiger partial charge on any atom is -0.263 e. The van der Waals surface area contributed by atoms with Crippen LogP contribution in [0.4, 0.5) is 0 Å². The predicted octanol–water partition coefficient (Wildman–Crippen LogP) is 2.04. The van der Waals surface area contributed by atoms with E-state index in [0.29, 0.717) is 18.9 Å². The van der Waals surface area contributed by atoms with E-state index in [9.17, 15) is 8.42 Å². The van der Waals surface area contributed by atoms with E-state index in [0.717, 1.165) is 42.9 Å².